The third-order valence-corrected chi connectivity index (χ3v) is 4.96. The van der Waals surface area contributed by atoms with Crippen LogP contribution in [0.5, 0.6) is 0 Å². The van der Waals surface area contributed by atoms with Crippen LogP contribution in [0.15, 0.2) is 12.1 Å². The third-order valence-electron chi connectivity index (χ3n) is 3.68. The van der Waals surface area contributed by atoms with E-state index in [4.69, 9.17) is 5.10 Å². The molecule has 0 bridgehead atoms. The molecule has 0 amide bonds. The van der Waals surface area contributed by atoms with Gasteiger partial charge in [-0.05, 0) is 23.8 Å². The fraction of sp³-hybridized carbons (Fsp3) is 0.667. The average Bonchev–Trinajstić information content (AvgIpc) is 2.73. The quantitative estimate of drug-likeness (QED) is 0.810. The van der Waals surface area contributed by atoms with Gasteiger partial charge in [-0.1, -0.05) is 27.7 Å². The van der Waals surface area contributed by atoms with E-state index in [9.17, 15) is 0 Å². The number of fused-ring (bicyclic) bond motifs is 1. The number of rotatable bonds is 1. The van der Waals surface area contributed by atoms with E-state index in [1.165, 1.54) is 11.5 Å². The zero-order valence-electron chi connectivity index (χ0n) is 13.2. The lowest BCUT2D eigenvalue weighted by atomic mass is 9.96. The van der Waals surface area contributed by atoms with Gasteiger partial charge in [0.15, 0.2) is 11.5 Å². The molecule has 3 heterocycles. The highest BCUT2D eigenvalue weighted by atomic mass is 32.2. The number of thioether (sulfide) groups is 1. The molecular formula is C15H23N5S. The van der Waals surface area contributed by atoms with Crippen LogP contribution in [0.1, 0.15) is 33.5 Å². The first-order chi connectivity index (χ1) is 9.95. The van der Waals surface area contributed by atoms with E-state index in [-0.39, 0.29) is 5.41 Å². The molecule has 0 saturated carbocycles. The van der Waals surface area contributed by atoms with E-state index in [0.29, 0.717) is 5.92 Å². The minimum absolute atomic E-state index is 0.0625. The van der Waals surface area contributed by atoms with E-state index in [1.54, 1.807) is 0 Å². The maximum atomic E-state index is 4.81. The zero-order chi connectivity index (χ0) is 15.0. The number of aromatic nitrogens is 4. The fourth-order valence-corrected chi connectivity index (χ4v) is 3.63. The molecule has 2 aromatic rings. The Morgan fingerprint density at radius 2 is 2.05 bits per heavy atom. The second kappa shape index (κ2) is 5.48. The van der Waals surface area contributed by atoms with Crippen molar-refractivity contribution in [3.63, 3.8) is 0 Å². The highest BCUT2D eigenvalue weighted by Gasteiger charge is 2.23. The Morgan fingerprint density at radius 1 is 1.24 bits per heavy atom. The smallest absolute Gasteiger partial charge is 0.178 e. The lowest BCUT2D eigenvalue weighted by Crippen LogP contribution is -2.30. The molecule has 0 aliphatic carbocycles. The van der Waals surface area contributed by atoms with Gasteiger partial charge in [0, 0.05) is 24.3 Å². The van der Waals surface area contributed by atoms with Crippen LogP contribution in [0, 0.1) is 5.92 Å². The molecule has 0 radical (unpaired) electrons. The van der Waals surface area contributed by atoms with Gasteiger partial charge in [0.2, 0.25) is 0 Å². The Bertz CT molecular complexity index is 631. The summed E-state index contributed by atoms with van der Waals surface area (Å²) in [5, 5.41) is 13.4. The monoisotopic (exact) mass is 305 g/mol. The standard InChI is InChI=1S/C15H23N5S/c1-11-9-19(7-8-21-10-11)13-6-5-12-16-17-14(15(2,3)4)20(12)18-13/h5-6,11H,7-10H2,1-4H3. The fourth-order valence-electron chi connectivity index (χ4n) is 2.60. The molecule has 0 spiro atoms. The van der Waals surface area contributed by atoms with Crippen LogP contribution in [0.2, 0.25) is 0 Å². The second-order valence-corrected chi connectivity index (χ2v) is 8.01. The predicted molar refractivity (Wildman–Crippen MR) is 88.2 cm³/mol. The van der Waals surface area contributed by atoms with Crippen LogP contribution < -0.4 is 4.90 Å². The van der Waals surface area contributed by atoms with Gasteiger partial charge in [-0.3, -0.25) is 0 Å². The summed E-state index contributed by atoms with van der Waals surface area (Å²) in [6, 6.07) is 4.09. The molecule has 1 saturated heterocycles. The van der Waals surface area contributed by atoms with Crippen LogP contribution in [0.25, 0.3) is 5.65 Å². The van der Waals surface area contributed by atoms with Crippen molar-refractivity contribution in [3.8, 4) is 0 Å². The van der Waals surface area contributed by atoms with Crippen molar-refractivity contribution < 1.29 is 0 Å². The van der Waals surface area contributed by atoms with Gasteiger partial charge in [0.05, 0.1) is 0 Å². The van der Waals surface area contributed by atoms with Gasteiger partial charge in [-0.15, -0.1) is 15.3 Å². The van der Waals surface area contributed by atoms with Crippen molar-refractivity contribution in [1.82, 2.24) is 19.8 Å². The summed E-state index contributed by atoms with van der Waals surface area (Å²) >= 11 is 2.03. The van der Waals surface area contributed by atoms with Gasteiger partial charge in [-0.25, -0.2) is 0 Å². The van der Waals surface area contributed by atoms with E-state index in [0.717, 1.165) is 30.4 Å². The molecule has 0 aromatic carbocycles. The van der Waals surface area contributed by atoms with Crippen LogP contribution in [0.3, 0.4) is 0 Å². The molecule has 3 rings (SSSR count). The van der Waals surface area contributed by atoms with E-state index >= 15 is 0 Å². The summed E-state index contributed by atoms with van der Waals surface area (Å²) in [5.74, 6) is 5.04. The predicted octanol–water partition coefficient (Wildman–Crippen LogP) is 2.61. The molecule has 21 heavy (non-hydrogen) atoms. The summed E-state index contributed by atoms with van der Waals surface area (Å²) in [5.41, 5.74) is 0.758. The average molecular weight is 305 g/mol. The van der Waals surface area contributed by atoms with Gasteiger partial charge < -0.3 is 4.90 Å². The topological polar surface area (TPSA) is 46.3 Å². The van der Waals surface area contributed by atoms with Crippen molar-refractivity contribution in [2.45, 2.75) is 33.1 Å². The summed E-state index contributed by atoms with van der Waals surface area (Å²) < 4.78 is 1.90. The van der Waals surface area contributed by atoms with Gasteiger partial charge >= 0.3 is 0 Å². The lowest BCUT2D eigenvalue weighted by molar-refractivity contribution is 0.525. The summed E-state index contributed by atoms with van der Waals surface area (Å²) in [6.07, 6.45) is 0. The van der Waals surface area contributed by atoms with Crippen LogP contribution in [0.4, 0.5) is 5.82 Å². The van der Waals surface area contributed by atoms with Crippen molar-refractivity contribution >= 4 is 23.2 Å². The van der Waals surface area contributed by atoms with Crippen LogP contribution in [-0.2, 0) is 5.41 Å². The Morgan fingerprint density at radius 3 is 2.81 bits per heavy atom. The largest absolute Gasteiger partial charge is 0.354 e. The van der Waals surface area contributed by atoms with E-state index < -0.39 is 0 Å². The van der Waals surface area contributed by atoms with Crippen LogP contribution in [-0.4, -0.2) is 44.4 Å². The summed E-state index contributed by atoms with van der Waals surface area (Å²) in [4.78, 5) is 2.39. The first kappa shape index (κ1) is 14.6. The summed E-state index contributed by atoms with van der Waals surface area (Å²) in [7, 11) is 0. The minimum atomic E-state index is -0.0625. The molecule has 1 fully saturated rings. The number of anilines is 1. The Kier molecular flexibility index (Phi) is 3.82. The molecule has 1 atom stereocenters. The molecular weight excluding hydrogens is 282 g/mol. The second-order valence-electron chi connectivity index (χ2n) is 6.86. The summed E-state index contributed by atoms with van der Waals surface area (Å²) in [6.45, 7) is 10.9. The Balaban J connectivity index is 1.99. The van der Waals surface area contributed by atoms with Crippen molar-refractivity contribution in [2.24, 2.45) is 5.92 Å². The first-order valence-corrected chi connectivity index (χ1v) is 8.66. The number of hydrogen-bond acceptors (Lipinski definition) is 5. The SMILES string of the molecule is CC1CSCCN(c2ccc3nnc(C(C)(C)C)n3n2)C1. The Labute approximate surface area is 130 Å². The zero-order valence-corrected chi connectivity index (χ0v) is 14.0. The molecule has 1 unspecified atom stereocenters. The minimum Gasteiger partial charge on any atom is -0.354 e. The maximum absolute atomic E-state index is 4.81. The van der Waals surface area contributed by atoms with Gasteiger partial charge in [0.25, 0.3) is 0 Å². The van der Waals surface area contributed by atoms with Gasteiger partial charge in [0.1, 0.15) is 5.82 Å². The van der Waals surface area contributed by atoms with E-state index in [2.05, 4.69) is 48.9 Å². The third kappa shape index (κ3) is 3.00. The lowest BCUT2D eigenvalue weighted by Gasteiger charge is -2.23. The molecule has 1 aliphatic rings. The highest BCUT2D eigenvalue weighted by Crippen LogP contribution is 2.23. The molecule has 5 nitrogen and oxygen atoms in total. The normalized spacial score (nSPS) is 20.8. The highest BCUT2D eigenvalue weighted by molar-refractivity contribution is 7.99. The number of nitrogens with zero attached hydrogens (tertiary/aromatic N) is 5. The molecule has 0 N–H and O–H groups in total. The molecule has 6 heteroatoms. The molecule has 2 aromatic heterocycles. The van der Waals surface area contributed by atoms with Crippen molar-refractivity contribution in [1.29, 1.82) is 0 Å². The Hall–Kier alpha value is -1.30. The number of hydrogen-bond donors (Lipinski definition) is 0. The molecule has 114 valence electrons. The van der Waals surface area contributed by atoms with E-state index in [1.807, 2.05) is 22.3 Å². The molecule has 1 aliphatic heterocycles. The van der Waals surface area contributed by atoms with Crippen molar-refractivity contribution in [3.05, 3.63) is 18.0 Å². The first-order valence-electron chi connectivity index (χ1n) is 7.51. The van der Waals surface area contributed by atoms with Crippen LogP contribution >= 0.6 is 11.8 Å². The van der Waals surface area contributed by atoms with Crippen molar-refractivity contribution in [2.75, 3.05) is 29.5 Å². The maximum Gasteiger partial charge on any atom is 0.178 e. The van der Waals surface area contributed by atoms with Gasteiger partial charge in [-0.2, -0.15) is 16.3 Å².